The zero-order valence-electron chi connectivity index (χ0n) is 19.3. The van der Waals surface area contributed by atoms with Crippen LogP contribution in [-0.2, 0) is 14.8 Å². The molecule has 0 saturated heterocycles. The lowest BCUT2D eigenvalue weighted by Gasteiger charge is -2.34. The van der Waals surface area contributed by atoms with Gasteiger partial charge in [-0.15, -0.1) is 0 Å². The Labute approximate surface area is 198 Å². The summed E-state index contributed by atoms with van der Waals surface area (Å²) in [6, 6.07) is 6.92. The largest absolute Gasteiger partial charge is 0.378 e. The maximum absolute atomic E-state index is 12.9. The summed E-state index contributed by atoms with van der Waals surface area (Å²) in [7, 11) is -1.73. The third kappa shape index (κ3) is 9.50. The van der Waals surface area contributed by atoms with E-state index in [1.807, 2.05) is 0 Å². The Kier molecular flexibility index (Phi) is 12.6. The zero-order valence-corrected chi connectivity index (χ0v) is 21.7. The van der Waals surface area contributed by atoms with E-state index in [2.05, 4.69) is 28.2 Å². The highest BCUT2D eigenvalue weighted by Gasteiger charge is 2.31. The number of benzene rings is 1. The van der Waals surface area contributed by atoms with E-state index >= 15 is 0 Å². The van der Waals surface area contributed by atoms with E-state index in [0.717, 1.165) is 56.3 Å². The van der Waals surface area contributed by atoms with Crippen LogP contribution in [0.2, 0.25) is 0 Å². The molecule has 31 heavy (non-hydrogen) atoms. The standard InChI is InChI=1S/C24H41BrN2O3S/c1-3-4-7-18-26-19-8-5-6-9-20-30-23-14-12-22(13-15-23)27(2)31(28,29)24-16-10-21(25)11-17-24/h10-11,16-17,22-23,26H,3-9,12-15,18-20H2,1-2H3/t22-,23-. The summed E-state index contributed by atoms with van der Waals surface area (Å²) in [5.41, 5.74) is 0. The van der Waals surface area contributed by atoms with Crippen molar-refractivity contribution in [2.45, 2.75) is 94.6 Å². The molecule has 0 aliphatic heterocycles. The lowest BCUT2D eigenvalue weighted by molar-refractivity contribution is 0.0157. The molecule has 1 aliphatic rings. The van der Waals surface area contributed by atoms with Crippen LogP contribution in [0.4, 0.5) is 0 Å². The first-order chi connectivity index (χ1) is 14.9. The fourth-order valence-corrected chi connectivity index (χ4v) is 5.81. The number of unbranched alkanes of at least 4 members (excludes halogenated alkanes) is 5. The second-order valence-electron chi connectivity index (χ2n) is 8.65. The van der Waals surface area contributed by atoms with E-state index < -0.39 is 10.0 Å². The van der Waals surface area contributed by atoms with E-state index in [0.29, 0.717) is 4.90 Å². The SMILES string of the molecule is CCCCCNCCCCCCO[C@H]1CC[C@H](N(C)S(=O)(=O)c2ccc(Br)cc2)CC1. The molecule has 0 heterocycles. The zero-order chi connectivity index (χ0) is 22.5. The molecule has 0 atom stereocenters. The monoisotopic (exact) mass is 516 g/mol. The van der Waals surface area contributed by atoms with Crippen LogP contribution >= 0.6 is 15.9 Å². The highest BCUT2D eigenvalue weighted by atomic mass is 79.9. The Hall–Kier alpha value is -0.470. The Bertz CT molecular complexity index is 704. The number of rotatable bonds is 15. The van der Waals surface area contributed by atoms with Gasteiger partial charge in [0, 0.05) is 24.2 Å². The Balaban J connectivity index is 1.56. The van der Waals surface area contributed by atoms with Crippen molar-refractivity contribution in [3.8, 4) is 0 Å². The van der Waals surface area contributed by atoms with E-state index in [-0.39, 0.29) is 12.1 Å². The van der Waals surface area contributed by atoms with Gasteiger partial charge >= 0.3 is 0 Å². The van der Waals surface area contributed by atoms with Crippen molar-refractivity contribution in [1.82, 2.24) is 9.62 Å². The predicted molar refractivity (Wildman–Crippen MR) is 132 cm³/mol. The Morgan fingerprint density at radius 3 is 2.23 bits per heavy atom. The van der Waals surface area contributed by atoms with E-state index in [1.54, 1.807) is 35.6 Å². The summed E-state index contributed by atoms with van der Waals surface area (Å²) >= 11 is 3.36. The number of halogens is 1. The quantitative estimate of drug-likeness (QED) is 0.302. The lowest BCUT2D eigenvalue weighted by Crippen LogP contribution is -2.40. The molecule has 178 valence electrons. The molecule has 7 heteroatoms. The molecule has 1 N–H and O–H groups in total. The van der Waals surface area contributed by atoms with Gasteiger partial charge in [0.25, 0.3) is 0 Å². The van der Waals surface area contributed by atoms with Gasteiger partial charge in [-0.25, -0.2) is 8.42 Å². The second kappa shape index (κ2) is 14.6. The van der Waals surface area contributed by atoms with Crippen LogP contribution in [0.25, 0.3) is 0 Å². The van der Waals surface area contributed by atoms with Crippen molar-refractivity contribution < 1.29 is 13.2 Å². The predicted octanol–water partition coefficient (Wildman–Crippen LogP) is 5.74. The Morgan fingerprint density at radius 1 is 0.968 bits per heavy atom. The number of nitrogens with zero attached hydrogens (tertiary/aromatic N) is 1. The van der Waals surface area contributed by atoms with Crippen LogP contribution in [0.5, 0.6) is 0 Å². The smallest absolute Gasteiger partial charge is 0.243 e. The highest BCUT2D eigenvalue weighted by molar-refractivity contribution is 9.10. The van der Waals surface area contributed by atoms with Crippen molar-refractivity contribution in [2.24, 2.45) is 0 Å². The molecule has 1 aromatic carbocycles. The van der Waals surface area contributed by atoms with E-state index in [1.165, 1.54) is 38.5 Å². The molecule has 1 aliphatic carbocycles. The molecule has 0 unspecified atom stereocenters. The molecule has 0 radical (unpaired) electrons. The number of hydrogen-bond donors (Lipinski definition) is 1. The Morgan fingerprint density at radius 2 is 1.58 bits per heavy atom. The van der Waals surface area contributed by atoms with Gasteiger partial charge in [-0.3, -0.25) is 0 Å². The number of sulfonamides is 1. The van der Waals surface area contributed by atoms with Crippen molar-refractivity contribution in [3.63, 3.8) is 0 Å². The second-order valence-corrected chi connectivity index (χ2v) is 11.6. The molecule has 1 fully saturated rings. The average molecular weight is 518 g/mol. The minimum atomic E-state index is -3.45. The van der Waals surface area contributed by atoms with Gasteiger partial charge < -0.3 is 10.1 Å². The van der Waals surface area contributed by atoms with Crippen molar-refractivity contribution >= 4 is 26.0 Å². The van der Waals surface area contributed by atoms with Crippen LogP contribution in [0.3, 0.4) is 0 Å². The molecule has 1 saturated carbocycles. The molecule has 2 rings (SSSR count). The molecule has 0 aromatic heterocycles. The number of nitrogens with one attached hydrogen (secondary N) is 1. The fraction of sp³-hybridized carbons (Fsp3) is 0.750. The minimum Gasteiger partial charge on any atom is -0.378 e. The molecular weight excluding hydrogens is 476 g/mol. The maximum Gasteiger partial charge on any atom is 0.243 e. The van der Waals surface area contributed by atoms with Gasteiger partial charge in [0.2, 0.25) is 10.0 Å². The van der Waals surface area contributed by atoms with Gasteiger partial charge in [-0.2, -0.15) is 4.31 Å². The van der Waals surface area contributed by atoms with Crippen LogP contribution < -0.4 is 5.32 Å². The average Bonchev–Trinajstić information content (AvgIpc) is 2.77. The van der Waals surface area contributed by atoms with Gasteiger partial charge in [-0.1, -0.05) is 48.5 Å². The first-order valence-corrected chi connectivity index (χ1v) is 14.2. The molecule has 5 nitrogen and oxygen atoms in total. The van der Waals surface area contributed by atoms with Crippen molar-refractivity contribution in [2.75, 3.05) is 26.7 Å². The molecule has 0 spiro atoms. The summed E-state index contributed by atoms with van der Waals surface area (Å²) in [5.74, 6) is 0. The normalized spacial score (nSPS) is 19.7. The lowest BCUT2D eigenvalue weighted by atomic mass is 9.93. The summed E-state index contributed by atoms with van der Waals surface area (Å²) in [4.78, 5) is 0.354. The molecule has 0 amide bonds. The van der Waals surface area contributed by atoms with Crippen molar-refractivity contribution in [3.05, 3.63) is 28.7 Å². The van der Waals surface area contributed by atoms with Crippen LogP contribution in [0.15, 0.2) is 33.6 Å². The highest BCUT2D eigenvalue weighted by Crippen LogP contribution is 2.28. The maximum atomic E-state index is 12.9. The summed E-state index contributed by atoms with van der Waals surface area (Å²) in [6.45, 7) is 5.35. The summed E-state index contributed by atoms with van der Waals surface area (Å²) < 4.78 is 34.3. The summed E-state index contributed by atoms with van der Waals surface area (Å²) in [6.07, 6.45) is 12.6. The van der Waals surface area contributed by atoms with Crippen LogP contribution in [-0.4, -0.2) is 51.6 Å². The van der Waals surface area contributed by atoms with Crippen molar-refractivity contribution in [1.29, 1.82) is 0 Å². The van der Waals surface area contributed by atoms with Crippen LogP contribution in [0.1, 0.15) is 77.6 Å². The first kappa shape index (κ1) is 26.8. The first-order valence-electron chi connectivity index (χ1n) is 12.0. The van der Waals surface area contributed by atoms with Gasteiger partial charge in [0.05, 0.1) is 11.0 Å². The van der Waals surface area contributed by atoms with E-state index in [4.69, 9.17) is 4.74 Å². The number of ether oxygens (including phenoxy) is 1. The van der Waals surface area contributed by atoms with Crippen LogP contribution in [0, 0.1) is 0 Å². The topological polar surface area (TPSA) is 58.6 Å². The van der Waals surface area contributed by atoms with E-state index in [9.17, 15) is 8.42 Å². The molecule has 1 aromatic rings. The fourth-order valence-electron chi connectivity index (χ4n) is 4.13. The minimum absolute atomic E-state index is 0.0540. The molecular formula is C24H41BrN2O3S. The number of hydrogen-bond acceptors (Lipinski definition) is 4. The molecule has 0 bridgehead atoms. The third-order valence-electron chi connectivity index (χ3n) is 6.21. The summed E-state index contributed by atoms with van der Waals surface area (Å²) in [5, 5.41) is 3.52. The van der Waals surface area contributed by atoms with Gasteiger partial charge in [-0.05, 0) is 82.3 Å². The van der Waals surface area contributed by atoms with Gasteiger partial charge in [0.15, 0.2) is 0 Å². The third-order valence-corrected chi connectivity index (χ3v) is 8.66. The van der Waals surface area contributed by atoms with Gasteiger partial charge in [0.1, 0.15) is 0 Å².